The van der Waals surface area contributed by atoms with Gasteiger partial charge >= 0.3 is 5.97 Å². The van der Waals surface area contributed by atoms with Crippen LogP contribution >= 0.6 is 0 Å². The highest BCUT2D eigenvalue weighted by atomic mass is 16.4. The van der Waals surface area contributed by atoms with Crippen LogP contribution in [-0.2, 0) is 0 Å². The Morgan fingerprint density at radius 2 is 1.71 bits per heavy atom. The fraction of sp³-hybridized carbons (Fsp3) is 0. The normalized spacial score (nSPS) is 10.6. The zero-order valence-electron chi connectivity index (χ0n) is 15.9. The molecule has 4 rings (SSSR count). The topological polar surface area (TPSA) is 156 Å². The Morgan fingerprint density at radius 3 is 2.42 bits per heavy atom. The van der Waals surface area contributed by atoms with Crippen molar-refractivity contribution in [2.75, 3.05) is 11.2 Å². The Morgan fingerprint density at radius 1 is 1.00 bits per heavy atom. The van der Waals surface area contributed by atoms with Gasteiger partial charge in [0, 0.05) is 35.3 Å². The Hall–Kier alpha value is -4.73. The molecule has 10 heteroatoms. The van der Waals surface area contributed by atoms with Gasteiger partial charge in [-0.1, -0.05) is 24.3 Å². The number of para-hydroxylation sites is 2. The van der Waals surface area contributed by atoms with Crippen LogP contribution in [0.4, 0.5) is 11.4 Å². The molecule has 2 aromatic heterocycles. The van der Waals surface area contributed by atoms with Crippen LogP contribution in [0.15, 0.2) is 76.6 Å². The molecule has 0 aliphatic rings. The molecule has 2 heterocycles. The monoisotopic (exact) mass is 416 g/mol. The molecule has 0 radical (unpaired) electrons. The van der Waals surface area contributed by atoms with Crippen molar-refractivity contribution in [3.05, 3.63) is 93.3 Å². The molecule has 0 fully saturated rings. The highest BCUT2D eigenvalue weighted by Crippen LogP contribution is 2.26. The molecule has 0 aliphatic heterocycles. The lowest BCUT2D eigenvalue weighted by molar-refractivity contribution is 0.0694. The summed E-state index contributed by atoms with van der Waals surface area (Å²) in [6.45, 7) is 0. The molecule has 0 atom stereocenters. The molecule has 10 nitrogen and oxygen atoms in total. The van der Waals surface area contributed by atoms with Crippen molar-refractivity contribution in [1.82, 2.24) is 19.6 Å². The molecular formula is C21H16N6O4. The highest BCUT2D eigenvalue weighted by Gasteiger charge is 2.15. The number of rotatable bonds is 5. The maximum Gasteiger partial charge on any atom is 0.342 e. The van der Waals surface area contributed by atoms with Gasteiger partial charge in [0.05, 0.1) is 5.69 Å². The van der Waals surface area contributed by atoms with Crippen molar-refractivity contribution in [2.24, 2.45) is 0 Å². The summed E-state index contributed by atoms with van der Waals surface area (Å²) in [6.07, 6.45) is 2.37. The second-order valence-electron chi connectivity index (χ2n) is 6.47. The van der Waals surface area contributed by atoms with E-state index in [2.05, 4.69) is 20.4 Å². The first-order valence-corrected chi connectivity index (χ1v) is 9.07. The zero-order chi connectivity index (χ0) is 22.0. The lowest BCUT2D eigenvalue weighted by Crippen LogP contribution is -2.28. The Labute approximate surface area is 174 Å². The Bertz CT molecular complexity index is 1410. The van der Waals surface area contributed by atoms with E-state index in [0.29, 0.717) is 28.3 Å². The standard InChI is InChI=1S/C21H16N6O4/c22-15-7-3-1-5-12(15)19-23-10-9-17(28)27(19)26-16-8-4-2-6-13(16)18-24-11-14(21(30)31)20(29)25-18/h1-11,26H,22H2,(H,30,31)(H,24,25,29). The van der Waals surface area contributed by atoms with Gasteiger partial charge in [0.2, 0.25) is 0 Å². The van der Waals surface area contributed by atoms with E-state index >= 15 is 0 Å². The van der Waals surface area contributed by atoms with Crippen molar-refractivity contribution < 1.29 is 9.90 Å². The third-order valence-corrected chi connectivity index (χ3v) is 4.49. The van der Waals surface area contributed by atoms with Crippen LogP contribution in [0.3, 0.4) is 0 Å². The number of nitrogens with one attached hydrogen (secondary N) is 2. The number of nitrogens with two attached hydrogens (primary N) is 1. The number of anilines is 2. The maximum absolute atomic E-state index is 12.6. The number of H-pyrrole nitrogens is 1. The van der Waals surface area contributed by atoms with Gasteiger partial charge in [0.25, 0.3) is 11.1 Å². The number of nitrogens with zero attached hydrogens (tertiary/aromatic N) is 3. The predicted octanol–water partition coefficient (Wildman–Crippen LogP) is 1.82. The second kappa shape index (κ2) is 7.95. The molecule has 2 aromatic carbocycles. The lowest BCUT2D eigenvalue weighted by atomic mass is 10.1. The summed E-state index contributed by atoms with van der Waals surface area (Å²) < 4.78 is 1.23. The average Bonchev–Trinajstić information content (AvgIpc) is 2.76. The van der Waals surface area contributed by atoms with Crippen molar-refractivity contribution in [3.8, 4) is 22.8 Å². The first kappa shape index (κ1) is 19.6. The van der Waals surface area contributed by atoms with E-state index in [4.69, 9.17) is 10.8 Å². The van der Waals surface area contributed by atoms with E-state index in [0.717, 1.165) is 6.20 Å². The Balaban J connectivity index is 1.83. The molecule has 0 amide bonds. The number of carboxylic acid groups (broad SMARTS) is 1. The van der Waals surface area contributed by atoms with Gasteiger partial charge in [-0.05, 0) is 24.3 Å². The predicted molar refractivity (Wildman–Crippen MR) is 115 cm³/mol. The summed E-state index contributed by atoms with van der Waals surface area (Å²) in [5, 5.41) is 9.04. The number of carboxylic acids is 1. The van der Waals surface area contributed by atoms with Gasteiger partial charge in [-0.2, -0.15) is 0 Å². The van der Waals surface area contributed by atoms with Crippen molar-refractivity contribution in [3.63, 3.8) is 0 Å². The second-order valence-corrected chi connectivity index (χ2v) is 6.47. The molecule has 0 unspecified atom stereocenters. The molecule has 0 saturated carbocycles. The first-order valence-electron chi connectivity index (χ1n) is 9.07. The van der Waals surface area contributed by atoms with Crippen LogP contribution < -0.4 is 22.3 Å². The number of benzene rings is 2. The molecule has 0 saturated heterocycles. The van der Waals surface area contributed by atoms with Crippen LogP contribution in [0.2, 0.25) is 0 Å². The smallest absolute Gasteiger partial charge is 0.342 e. The number of carbonyl (C=O) groups is 1. The average molecular weight is 416 g/mol. The van der Waals surface area contributed by atoms with E-state index in [1.165, 1.54) is 16.9 Å². The van der Waals surface area contributed by atoms with E-state index in [-0.39, 0.29) is 11.4 Å². The molecule has 0 spiro atoms. The quantitative estimate of drug-likeness (QED) is 0.359. The molecule has 4 aromatic rings. The SMILES string of the molecule is Nc1ccccc1-c1nccc(=O)n1Nc1ccccc1-c1ncc(C(=O)O)c(=O)[nH]1. The summed E-state index contributed by atoms with van der Waals surface area (Å²) in [6, 6.07) is 15.1. The van der Waals surface area contributed by atoms with Gasteiger partial charge in [-0.25, -0.2) is 19.4 Å². The molecule has 154 valence electrons. The number of aromatic nitrogens is 4. The van der Waals surface area contributed by atoms with Crippen LogP contribution in [-0.4, -0.2) is 30.7 Å². The number of aromatic carboxylic acids is 1. The molecule has 31 heavy (non-hydrogen) atoms. The van der Waals surface area contributed by atoms with Crippen molar-refractivity contribution in [1.29, 1.82) is 0 Å². The summed E-state index contributed by atoms with van der Waals surface area (Å²) in [7, 11) is 0. The third kappa shape index (κ3) is 3.77. The molecule has 0 aliphatic carbocycles. The summed E-state index contributed by atoms with van der Waals surface area (Å²) in [4.78, 5) is 46.6. The number of hydrogen-bond acceptors (Lipinski definition) is 7. The van der Waals surface area contributed by atoms with Crippen LogP contribution in [0.1, 0.15) is 10.4 Å². The third-order valence-electron chi connectivity index (χ3n) is 4.49. The summed E-state index contributed by atoms with van der Waals surface area (Å²) in [5.74, 6) is -0.947. The minimum atomic E-state index is -1.38. The van der Waals surface area contributed by atoms with E-state index < -0.39 is 17.1 Å². The summed E-state index contributed by atoms with van der Waals surface area (Å²) >= 11 is 0. The minimum absolute atomic E-state index is 0.135. The fourth-order valence-corrected chi connectivity index (χ4v) is 3.00. The Kier molecular flexibility index (Phi) is 5.02. The van der Waals surface area contributed by atoms with Gasteiger partial charge in [-0.3, -0.25) is 15.0 Å². The highest BCUT2D eigenvalue weighted by molar-refractivity contribution is 5.87. The number of nitrogen functional groups attached to an aromatic ring is 1. The van der Waals surface area contributed by atoms with Crippen LogP contribution in [0.5, 0.6) is 0 Å². The van der Waals surface area contributed by atoms with Crippen molar-refractivity contribution >= 4 is 17.3 Å². The van der Waals surface area contributed by atoms with Crippen molar-refractivity contribution in [2.45, 2.75) is 0 Å². The fourth-order valence-electron chi connectivity index (χ4n) is 3.00. The van der Waals surface area contributed by atoms with E-state index in [1.54, 1.807) is 48.5 Å². The zero-order valence-corrected chi connectivity index (χ0v) is 15.9. The first-order chi connectivity index (χ1) is 15.0. The molecule has 5 N–H and O–H groups in total. The molecule has 0 bridgehead atoms. The van der Waals surface area contributed by atoms with Gasteiger partial charge in [0.15, 0.2) is 5.82 Å². The van der Waals surface area contributed by atoms with Gasteiger partial charge < -0.3 is 15.8 Å². The minimum Gasteiger partial charge on any atom is -0.477 e. The van der Waals surface area contributed by atoms with Crippen LogP contribution in [0, 0.1) is 0 Å². The number of aromatic amines is 1. The number of hydrogen-bond donors (Lipinski definition) is 4. The van der Waals surface area contributed by atoms with Gasteiger partial charge in [-0.15, -0.1) is 0 Å². The van der Waals surface area contributed by atoms with Gasteiger partial charge in [0.1, 0.15) is 11.4 Å². The maximum atomic E-state index is 12.6. The van der Waals surface area contributed by atoms with Crippen LogP contribution in [0.25, 0.3) is 22.8 Å². The van der Waals surface area contributed by atoms with E-state index in [9.17, 15) is 14.4 Å². The summed E-state index contributed by atoms with van der Waals surface area (Å²) in [5.41, 5.74) is 9.29. The largest absolute Gasteiger partial charge is 0.477 e. The lowest BCUT2D eigenvalue weighted by Gasteiger charge is -2.17. The molecular weight excluding hydrogens is 400 g/mol. The van der Waals surface area contributed by atoms with E-state index in [1.807, 2.05) is 0 Å².